The number of carbonyl (C=O) groups is 1. The molecule has 0 spiro atoms. The van der Waals surface area contributed by atoms with Gasteiger partial charge in [-0.1, -0.05) is 0 Å². The summed E-state index contributed by atoms with van der Waals surface area (Å²) >= 11 is 0. The Bertz CT molecular complexity index is 1090. The van der Waals surface area contributed by atoms with Gasteiger partial charge in [-0.15, -0.1) is 0 Å². The number of sulfonamides is 1. The first kappa shape index (κ1) is 18.7. The van der Waals surface area contributed by atoms with Crippen LogP contribution in [0.3, 0.4) is 0 Å². The van der Waals surface area contributed by atoms with Crippen LogP contribution < -0.4 is 9.46 Å². The van der Waals surface area contributed by atoms with Gasteiger partial charge in [-0.25, -0.2) is 13.4 Å². The number of oxazole rings is 1. The van der Waals surface area contributed by atoms with Crippen LogP contribution in [0.2, 0.25) is 0 Å². The summed E-state index contributed by atoms with van der Waals surface area (Å²) in [6.07, 6.45) is 1.53. The fourth-order valence-corrected chi connectivity index (χ4v) is 3.77. The van der Waals surface area contributed by atoms with Crippen molar-refractivity contribution in [2.24, 2.45) is 0 Å². The minimum Gasteiger partial charge on any atom is -0.495 e. The number of hydrogen-bond acceptors (Lipinski definition) is 6. The first-order valence-electron chi connectivity index (χ1n) is 8.05. The molecule has 0 unspecified atom stereocenters. The number of nitrogens with zero attached hydrogens (tertiary/aromatic N) is 1. The molecule has 0 radical (unpaired) electrons. The topological polar surface area (TPSA) is 98.5 Å². The van der Waals surface area contributed by atoms with Crippen molar-refractivity contribution in [2.75, 3.05) is 11.8 Å². The first-order chi connectivity index (χ1) is 12.8. The summed E-state index contributed by atoms with van der Waals surface area (Å²) in [5, 5.41) is 0. The van der Waals surface area contributed by atoms with E-state index in [4.69, 9.17) is 9.15 Å². The molecule has 1 aromatic heterocycles. The van der Waals surface area contributed by atoms with Crippen LogP contribution in [0, 0.1) is 6.92 Å². The smallest absolute Gasteiger partial charge is 0.265 e. The molecule has 0 amide bonds. The number of methoxy groups -OCH3 is 1. The molecule has 27 heavy (non-hydrogen) atoms. The Labute approximate surface area is 157 Å². The number of aromatic nitrogens is 1. The van der Waals surface area contributed by atoms with Crippen LogP contribution in [0.25, 0.3) is 11.3 Å². The van der Waals surface area contributed by atoms with Crippen LogP contribution in [0.5, 0.6) is 5.75 Å². The Morgan fingerprint density at radius 2 is 1.85 bits per heavy atom. The first-order valence-corrected chi connectivity index (χ1v) is 9.53. The number of ketones is 1. The highest BCUT2D eigenvalue weighted by atomic mass is 32.2. The van der Waals surface area contributed by atoms with E-state index < -0.39 is 10.0 Å². The predicted octanol–water partition coefficient (Wildman–Crippen LogP) is 3.66. The maximum absolute atomic E-state index is 12.9. The van der Waals surface area contributed by atoms with Crippen LogP contribution >= 0.6 is 0 Å². The molecular weight excluding hydrogens is 368 g/mol. The molecule has 1 heterocycles. The second-order valence-electron chi connectivity index (χ2n) is 5.85. The molecule has 2 aromatic carbocycles. The quantitative estimate of drug-likeness (QED) is 0.649. The molecule has 8 heteroatoms. The van der Waals surface area contributed by atoms with Crippen LogP contribution in [-0.4, -0.2) is 26.3 Å². The van der Waals surface area contributed by atoms with Gasteiger partial charge in [-0.3, -0.25) is 9.52 Å². The van der Waals surface area contributed by atoms with Gasteiger partial charge in [0.15, 0.2) is 17.4 Å². The average molecular weight is 386 g/mol. The number of benzene rings is 2. The third-order valence-electron chi connectivity index (χ3n) is 3.90. The molecule has 1 N–H and O–H groups in total. The van der Waals surface area contributed by atoms with Crippen molar-refractivity contribution in [3.8, 4) is 17.1 Å². The monoisotopic (exact) mass is 386 g/mol. The van der Waals surface area contributed by atoms with Crippen LogP contribution in [0.1, 0.15) is 23.2 Å². The normalized spacial score (nSPS) is 11.2. The lowest BCUT2D eigenvalue weighted by atomic mass is 10.1. The fraction of sp³-hybridized carbons (Fsp3) is 0.158. The minimum absolute atomic E-state index is 0.0350. The Morgan fingerprint density at radius 1 is 1.15 bits per heavy atom. The van der Waals surface area contributed by atoms with E-state index in [9.17, 15) is 13.2 Å². The summed E-state index contributed by atoms with van der Waals surface area (Å²) in [5.74, 6) is 1.04. The minimum atomic E-state index is -3.93. The SMILES string of the molecule is COc1ccc(-c2cnc(C)o2)cc1S(=O)(=O)Nc1ccc(C(C)=O)cc1. The summed E-state index contributed by atoms with van der Waals surface area (Å²) in [7, 11) is -2.54. The summed E-state index contributed by atoms with van der Waals surface area (Å²) in [6.45, 7) is 3.15. The molecule has 140 valence electrons. The molecule has 0 atom stereocenters. The van der Waals surface area contributed by atoms with Gasteiger partial charge in [0.1, 0.15) is 10.6 Å². The largest absolute Gasteiger partial charge is 0.495 e. The zero-order valence-corrected chi connectivity index (χ0v) is 15.8. The van der Waals surface area contributed by atoms with E-state index in [2.05, 4.69) is 9.71 Å². The zero-order chi connectivity index (χ0) is 19.6. The molecule has 0 aliphatic heterocycles. The van der Waals surface area contributed by atoms with Crippen molar-refractivity contribution in [2.45, 2.75) is 18.7 Å². The number of ether oxygens (including phenoxy) is 1. The second-order valence-corrected chi connectivity index (χ2v) is 7.50. The third kappa shape index (κ3) is 4.01. The molecule has 0 saturated carbocycles. The Balaban J connectivity index is 1.98. The van der Waals surface area contributed by atoms with E-state index in [0.29, 0.717) is 28.5 Å². The lowest BCUT2D eigenvalue weighted by Gasteiger charge is -2.13. The van der Waals surface area contributed by atoms with Gasteiger partial charge in [0.25, 0.3) is 10.0 Å². The van der Waals surface area contributed by atoms with Gasteiger partial charge in [0, 0.05) is 23.7 Å². The highest BCUT2D eigenvalue weighted by molar-refractivity contribution is 7.92. The predicted molar refractivity (Wildman–Crippen MR) is 100 cm³/mol. The summed E-state index contributed by atoms with van der Waals surface area (Å²) in [5.41, 5.74) is 1.39. The molecule has 3 aromatic rings. The molecule has 0 aliphatic rings. The molecule has 0 bridgehead atoms. The van der Waals surface area contributed by atoms with Gasteiger partial charge in [-0.05, 0) is 49.4 Å². The van der Waals surface area contributed by atoms with Gasteiger partial charge in [0.05, 0.1) is 13.3 Å². The number of rotatable bonds is 6. The highest BCUT2D eigenvalue weighted by Crippen LogP contribution is 2.31. The zero-order valence-electron chi connectivity index (χ0n) is 15.0. The Morgan fingerprint density at radius 3 is 2.41 bits per heavy atom. The second kappa shape index (κ2) is 7.24. The fourth-order valence-electron chi connectivity index (χ4n) is 2.52. The van der Waals surface area contributed by atoms with Crippen LogP contribution in [0.15, 0.2) is 58.0 Å². The van der Waals surface area contributed by atoms with Crippen molar-refractivity contribution < 1.29 is 22.4 Å². The molecule has 0 aliphatic carbocycles. The number of hydrogen-bond donors (Lipinski definition) is 1. The van der Waals surface area contributed by atoms with E-state index >= 15 is 0 Å². The number of carbonyl (C=O) groups excluding carboxylic acids is 1. The number of anilines is 1. The maximum atomic E-state index is 12.9. The number of Topliss-reactive ketones (excluding diaryl/α,β-unsaturated/α-hetero) is 1. The van der Waals surface area contributed by atoms with Gasteiger partial charge in [0.2, 0.25) is 0 Å². The summed E-state index contributed by atoms with van der Waals surface area (Å²) in [4.78, 5) is 15.3. The summed E-state index contributed by atoms with van der Waals surface area (Å²) in [6, 6.07) is 10.9. The average Bonchev–Trinajstić information content (AvgIpc) is 3.07. The number of nitrogens with one attached hydrogen (secondary N) is 1. The lowest BCUT2D eigenvalue weighted by Crippen LogP contribution is -2.14. The standard InChI is InChI=1S/C19H18N2O5S/c1-12(22)14-4-7-16(8-5-14)21-27(23,24)19-10-15(6-9-17(19)25-3)18-11-20-13(2)26-18/h4-11,21H,1-3H3. The van der Waals surface area contributed by atoms with E-state index in [1.165, 1.54) is 38.4 Å². The van der Waals surface area contributed by atoms with E-state index in [1.807, 2.05) is 0 Å². The highest BCUT2D eigenvalue weighted by Gasteiger charge is 2.21. The van der Waals surface area contributed by atoms with Crippen LogP contribution in [0.4, 0.5) is 5.69 Å². The van der Waals surface area contributed by atoms with Crippen molar-refractivity contribution in [3.05, 3.63) is 60.1 Å². The van der Waals surface area contributed by atoms with E-state index in [0.717, 1.165) is 0 Å². The molecule has 0 saturated heterocycles. The maximum Gasteiger partial charge on any atom is 0.265 e. The molecule has 7 nitrogen and oxygen atoms in total. The third-order valence-corrected chi connectivity index (χ3v) is 5.31. The molecular formula is C19H18N2O5S. The molecule has 0 fully saturated rings. The van der Waals surface area contributed by atoms with Crippen molar-refractivity contribution in [1.29, 1.82) is 0 Å². The van der Waals surface area contributed by atoms with Crippen molar-refractivity contribution in [1.82, 2.24) is 4.98 Å². The van der Waals surface area contributed by atoms with Crippen LogP contribution in [-0.2, 0) is 10.0 Å². The summed E-state index contributed by atoms with van der Waals surface area (Å²) < 4.78 is 38.9. The number of aryl methyl sites for hydroxylation is 1. The molecule has 3 rings (SSSR count). The Hall–Kier alpha value is -3.13. The van der Waals surface area contributed by atoms with Crippen molar-refractivity contribution in [3.63, 3.8) is 0 Å². The van der Waals surface area contributed by atoms with Gasteiger partial charge in [-0.2, -0.15) is 0 Å². The van der Waals surface area contributed by atoms with Gasteiger partial charge < -0.3 is 9.15 Å². The van der Waals surface area contributed by atoms with Gasteiger partial charge >= 0.3 is 0 Å². The van der Waals surface area contributed by atoms with E-state index in [-0.39, 0.29) is 16.4 Å². The Kier molecular flexibility index (Phi) is 5.00. The lowest BCUT2D eigenvalue weighted by molar-refractivity contribution is 0.101. The van der Waals surface area contributed by atoms with Crippen molar-refractivity contribution >= 4 is 21.5 Å². The van der Waals surface area contributed by atoms with E-state index in [1.54, 1.807) is 31.2 Å².